The molecular formula is C33H39N3O5S. The van der Waals surface area contributed by atoms with E-state index in [-0.39, 0.29) is 24.3 Å². The summed E-state index contributed by atoms with van der Waals surface area (Å²) in [5, 5.41) is 6.37. The number of fused-ring (bicyclic) bond motifs is 1. The Balaban J connectivity index is 1.52. The van der Waals surface area contributed by atoms with Crippen molar-refractivity contribution >= 4 is 34.1 Å². The molecule has 9 heteroatoms. The second-order valence-electron chi connectivity index (χ2n) is 10.7. The number of para-hydroxylation sites is 1. The van der Waals surface area contributed by atoms with Crippen LogP contribution in [-0.4, -0.2) is 49.1 Å². The van der Waals surface area contributed by atoms with Crippen LogP contribution in [0.1, 0.15) is 60.6 Å². The van der Waals surface area contributed by atoms with Gasteiger partial charge < -0.3 is 29.4 Å². The molecule has 1 aliphatic carbocycles. The molecule has 0 saturated heterocycles. The summed E-state index contributed by atoms with van der Waals surface area (Å²) in [6.45, 7) is 0.309. The summed E-state index contributed by atoms with van der Waals surface area (Å²) >= 11 is 1.57. The molecule has 1 atom stereocenters. The normalized spacial score (nSPS) is 14.4. The Morgan fingerprint density at radius 2 is 1.74 bits per heavy atom. The van der Waals surface area contributed by atoms with Crippen LogP contribution in [0, 0.1) is 0 Å². The first kappa shape index (κ1) is 29.5. The smallest absolute Gasteiger partial charge is 0.247 e. The number of aryl methyl sites for hydroxylation is 1. The molecule has 0 spiro atoms. The number of aromatic amines is 1. The summed E-state index contributed by atoms with van der Waals surface area (Å²) in [7, 11) is 4.65. The summed E-state index contributed by atoms with van der Waals surface area (Å²) in [6, 6.07) is 14.8. The number of methoxy groups -OCH3 is 3. The summed E-state index contributed by atoms with van der Waals surface area (Å²) in [5.74, 6) is 0.999. The largest absolute Gasteiger partial charge is 0.493 e. The van der Waals surface area contributed by atoms with Crippen LogP contribution >= 0.6 is 11.3 Å². The third kappa shape index (κ3) is 6.57. The number of amides is 2. The van der Waals surface area contributed by atoms with Crippen molar-refractivity contribution in [1.82, 2.24) is 15.2 Å². The van der Waals surface area contributed by atoms with Crippen LogP contribution in [0.3, 0.4) is 0 Å². The Labute approximate surface area is 251 Å². The fourth-order valence-electron chi connectivity index (χ4n) is 5.88. The second kappa shape index (κ2) is 13.8. The minimum Gasteiger partial charge on any atom is -0.493 e. The van der Waals surface area contributed by atoms with Gasteiger partial charge in [-0.1, -0.05) is 43.5 Å². The molecule has 4 aromatic rings. The van der Waals surface area contributed by atoms with Gasteiger partial charge in [-0.15, -0.1) is 11.3 Å². The first-order valence-corrected chi connectivity index (χ1v) is 15.4. The van der Waals surface area contributed by atoms with Gasteiger partial charge in [0, 0.05) is 34.4 Å². The third-order valence-corrected chi connectivity index (χ3v) is 8.89. The Hall–Kier alpha value is -3.98. The number of nitrogens with zero attached hydrogens (tertiary/aromatic N) is 1. The number of hydrogen-bond acceptors (Lipinski definition) is 6. The maximum atomic E-state index is 14.2. The van der Waals surface area contributed by atoms with Crippen LogP contribution in [0.5, 0.6) is 17.2 Å². The van der Waals surface area contributed by atoms with Gasteiger partial charge >= 0.3 is 0 Å². The summed E-state index contributed by atoms with van der Waals surface area (Å²) in [5.41, 5.74) is 2.72. The van der Waals surface area contributed by atoms with E-state index in [1.807, 2.05) is 41.9 Å². The van der Waals surface area contributed by atoms with Gasteiger partial charge in [-0.2, -0.15) is 0 Å². The zero-order chi connectivity index (χ0) is 29.5. The number of hydrogen-bond donors (Lipinski definition) is 2. The van der Waals surface area contributed by atoms with E-state index in [0.29, 0.717) is 35.8 Å². The molecule has 0 aliphatic heterocycles. The Kier molecular flexibility index (Phi) is 9.69. The third-order valence-electron chi connectivity index (χ3n) is 8.02. The van der Waals surface area contributed by atoms with E-state index in [0.717, 1.165) is 47.0 Å². The number of ether oxygens (including phenoxy) is 3. The Morgan fingerprint density at radius 3 is 2.40 bits per heavy atom. The number of carbonyl (C=O) groups excluding carboxylic acids is 2. The first-order chi connectivity index (χ1) is 20.5. The van der Waals surface area contributed by atoms with Crippen molar-refractivity contribution in [1.29, 1.82) is 0 Å². The zero-order valence-corrected chi connectivity index (χ0v) is 25.3. The van der Waals surface area contributed by atoms with Crippen molar-refractivity contribution in [2.45, 2.75) is 63.6 Å². The lowest BCUT2D eigenvalue weighted by atomic mass is 9.94. The van der Waals surface area contributed by atoms with Crippen LogP contribution in [0.2, 0.25) is 0 Å². The molecular weight excluding hydrogens is 550 g/mol. The van der Waals surface area contributed by atoms with E-state index < -0.39 is 6.04 Å². The first-order valence-electron chi connectivity index (χ1n) is 14.5. The highest BCUT2D eigenvalue weighted by molar-refractivity contribution is 7.09. The van der Waals surface area contributed by atoms with Gasteiger partial charge in [-0.25, -0.2) is 0 Å². The van der Waals surface area contributed by atoms with Crippen LogP contribution in [-0.2, 0) is 22.6 Å². The topological polar surface area (TPSA) is 92.9 Å². The number of nitrogens with one attached hydrogen (secondary N) is 2. The lowest BCUT2D eigenvalue weighted by Gasteiger charge is -2.33. The summed E-state index contributed by atoms with van der Waals surface area (Å²) < 4.78 is 16.8. The summed E-state index contributed by atoms with van der Waals surface area (Å²) in [6.07, 6.45) is 8.00. The average molecular weight is 590 g/mol. The van der Waals surface area contributed by atoms with E-state index in [4.69, 9.17) is 14.2 Å². The summed E-state index contributed by atoms with van der Waals surface area (Å²) in [4.78, 5) is 34.4. The molecule has 1 fully saturated rings. The standard InChI is InChI=1S/C33H39N3O5S/c1-39-28-18-23(19-29(40-2)32(28)41-3)31(33(38)35-24-10-5-4-6-11-24)36(21-25-12-9-17-42-25)30(37)16-15-22-20-34-27-14-8-7-13-26(22)27/h7-9,12-14,17-20,24,31,34H,4-6,10-11,15-16,21H2,1-3H3,(H,35,38)/t31-/m0/s1. The number of H-pyrrole nitrogens is 1. The Morgan fingerprint density at radius 1 is 1.00 bits per heavy atom. The molecule has 1 saturated carbocycles. The molecule has 0 unspecified atom stereocenters. The van der Waals surface area contributed by atoms with Gasteiger partial charge in [0.05, 0.1) is 27.9 Å². The van der Waals surface area contributed by atoms with E-state index >= 15 is 0 Å². The van der Waals surface area contributed by atoms with Crippen molar-refractivity contribution in [3.05, 3.63) is 76.1 Å². The number of benzene rings is 2. The zero-order valence-electron chi connectivity index (χ0n) is 24.5. The van der Waals surface area contributed by atoms with Gasteiger partial charge in [0.15, 0.2) is 11.5 Å². The maximum Gasteiger partial charge on any atom is 0.247 e. The molecule has 222 valence electrons. The monoisotopic (exact) mass is 589 g/mol. The van der Waals surface area contributed by atoms with Crippen molar-refractivity contribution in [3.63, 3.8) is 0 Å². The van der Waals surface area contributed by atoms with Crippen molar-refractivity contribution in [3.8, 4) is 17.2 Å². The van der Waals surface area contributed by atoms with Crippen LogP contribution < -0.4 is 19.5 Å². The fourth-order valence-corrected chi connectivity index (χ4v) is 6.58. The number of aromatic nitrogens is 1. The van der Waals surface area contributed by atoms with Crippen molar-refractivity contribution in [2.24, 2.45) is 0 Å². The number of rotatable bonds is 12. The molecule has 2 heterocycles. The lowest BCUT2D eigenvalue weighted by Crippen LogP contribution is -2.46. The van der Waals surface area contributed by atoms with Gasteiger partial charge in [-0.3, -0.25) is 9.59 Å². The van der Waals surface area contributed by atoms with Gasteiger partial charge in [0.25, 0.3) is 0 Å². The minimum absolute atomic E-state index is 0.0840. The highest BCUT2D eigenvalue weighted by Crippen LogP contribution is 2.41. The fraction of sp³-hybridized carbons (Fsp3) is 0.394. The molecule has 0 radical (unpaired) electrons. The molecule has 5 rings (SSSR count). The quantitative estimate of drug-likeness (QED) is 0.199. The second-order valence-corrected chi connectivity index (χ2v) is 11.7. The Bertz CT molecular complexity index is 1470. The van der Waals surface area contributed by atoms with Gasteiger partial charge in [0.2, 0.25) is 17.6 Å². The van der Waals surface area contributed by atoms with Crippen LogP contribution in [0.25, 0.3) is 10.9 Å². The van der Waals surface area contributed by atoms with E-state index in [2.05, 4.69) is 16.4 Å². The molecule has 42 heavy (non-hydrogen) atoms. The molecule has 2 N–H and O–H groups in total. The van der Waals surface area contributed by atoms with Crippen molar-refractivity contribution < 1.29 is 23.8 Å². The van der Waals surface area contributed by atoms with E-state index in [1.54, 1.807) is 49.7 Å². The molecule has 8 nitrogen and oxygen atoms in total. The number of thiophene rings is 1. The van der Waals surface area contributed by atoms with E-state index in [1.165, 1.54) is 6.42 Å². The SMILES string of the molecule is COc1cc([C@@H](C(=O)NC2CCCCC2)N(Cc2cccs2)C(=O)CCc2c[nH]c3ccccc23)cc(OC)c1OC. The van der Waals surface area contributed by atoms with Gasteiger partial charge in [0.1, 0.15) is 6.04 Å². The average Bonchev–Trinajstić information content (AvgIpc) is 3.69. The lowest BCUT2D eigenvalue weighted by molar-refractivity contribution is -0.142. The van der Waals surface area contributed by atoms with Gasteiger partial charge in [-0.05, 0) is 60.0 Å². The predicted octanol–water partition coefficient (Wildman–Crippen LogP) is 6.41. The molecule has 2 aromatic heterocycles. The molecule has 2 amide bonds. The maximum absolute atomic E-state index is 14.2. The minimum atomic E-state index is -0.891. The van der Waals surface area contributed by atoms with Crippen molar-refractivity contribution in [2.75, 3.05) is 21.3 Å². The molecule has 1 aliphatic rings. The highest BCUT2D eigenvalue weighted by atomic mass is 32.1. The molecule has 2 aromatic carbocycles. The highest BCUT2D eigenvalue weighted by Gasteiger charge is 2.34. The molecule has 0 bridgehead atoms. The number of carbonyl (C=O) groups is 2. The van der Waals surface area contributed by atoms with E-state index in [9.17, 15) is 9.59 Å². The predicted molar refractivity (Wildman–Crippen MR) is 165 cm³/mol. The van der Waals surface area contributed by atoms with Crippen LogP contribution in [0.4, 0.5) is 0 Å². The van der Waals surface area contributed by atoms with Crippen LogP contribution in [0.15, 0.2) is 60.1 Å².